The first-order chi connectivity index (χ1) is 8.13. The Bertz CT molecular complexity index is 511. The van der Waals surface area contributed by atoms with E-state index in [-0.39, 0.29) is 5.78 Å². The van der Waals surface area contributed by atoms with E-state index in [4.69, 9.17) is 0 Å². The highest BCUT2D eigenvalue weighted by Crippen LogP contribution is 2.06. The van der Waals surface area contributed by atoms with Crippen molar-refractivity contribution >= 4 is 5.78 Å². The number of aromatic nitrogens is 2. The zero-order valence-corrected chi connectivity index (χ0v) is 10.2. The van der Waals surface area contributed by atoms with Gasteiger partial charge in [-0.2, -0.15) is 5.10 Å². The molecule has 0 aliphatic rings. The van der Waals surface area contributed by atoms with E-state index in [1.807, 2.05) is 50.5 Å². The van der Waals surface area contributed by atoms with Gasteiger partial charge < -0.3 is 0 Å². The lowest BCUT2D eigenvalue weighted by Crippen LogP contribution is -2.07. The lowest BCUT2D eigenvalue weighted by molar-refractivity contribution is -0.117. The van der Waals surface area contributed by atoms with Gasteiger partial charge in [-0.1, -0.05) is 29.8 Å². The van der Waals surface area contributed by atoms with Gasteiger partial charge in [0.15, 0.2) is 0 Å². The molecule has 0 atom stereocenters. The fourth-order valence-corrected chi connectivity index (χ4v) is 1.76. The number of hydrogen-bond acceptors (Lipinski definition) is 2. The van der Waals surface area contributed by atoms with Crippen LogP contribution < -0.4 is 0 Å². The Morgan fingerprint density at radius 1 is 1.18 bits per heavy atom. The molecule has 0 saturated heterocycles. The van der Waals surface area contributed by atoms with Crippen LogP contribution in [0.15, 0.2) is 36.5 Å². The molecule has 0 aliphatic heterocycles. The Hall–Kier alpha value is -1.90. The number of rotatable bonds is 4. The van der Waals surface area contributed by atoms with Gasteiger partial charge in [0.25, 0.3) is 0 Å². The number of hydrogen-bond donors (Lipinski definition) is 0. The van der Waals surface area contributed by atoms with E-state index in [0.29, 0.717) is 12.8 Å². The van der Waals surface area contributed by atoms with Crippen molar-refractivity contribution in [2.45, 2.75) is 19.8 Å². The third kappa shape index (κ3) is 3.28. The van der Waals surface area contributed by atoms with Crippen LogP contribution in [-0.4, -0.2) is 15.6 Å². The molecular formula is C14H16N2O. The van der Waals surface area contributed by atoms with Crippen LogP contribution in [0.3, 0.4) is 0 Å². The largest absolute Gasteiger partial charge is 0.299 e. The van der Waals surface area contributed by atoms with Gasteiger partial charge in [-0.3, -0.25) is 9.48 Å². The lowest BCUT2D eigenvalue weighted by Gasteiger charge is -2.00. The van der Waals surface area contributed by atoms with E-state index in [2.05, 4.69) is 5.10 Å². The van der Waals surface area contributed by atoms with E-state index in [9.17, 15) is 4.79 Å². The number of ketones is 1. The molecule has 0 N–H and O–H groups in total. The third-order valence-electron chi connectivity index (χ3n) is 2.67. The number of carbonyl (C=O) groups is 1. The van der Waals surface area contributed by atoms with E-state index in [1.165, 1.54) is 5.56 Å². The van der Waals surface area contributed by atoms with Crippen LogP contribution in [-0.2, 0) is 24.7 Å². The van der Waals surface area contributed by atoms with E-state index in [0.717, 1.165) is 11.3 Å². The van der Waals surface area contributed by atoms with Crippen LogP contribution in [0.2, 0.25) is 0 Å². The molecule has 1 heterocycles. The summed E-state index contributed by atoms with van der Waals surface area (Å²) in [4.78, 5) is 11.8. The molecule has 0 bridgehead atoms. The normalized spacial score (nSPS) is 10.5. The number of Topliss-reactive ketones (excluding diaryl/α,β-unsaturated/α-hetero) is 1. The van der Waals surface area contributed by atoms with Crippen molar-refractivity contribution < 1.29 is 4.79 Å². The van der Waals surface area contributed by atoms with E-state index in [1.54, 1.807) is 4.68 Å². The third-order valence-corrected chi connectivity index (χ3v) is 2.67. The van der Waals surface area contributed by atoms with Crippen LogP contribution in [0.4, 0.5) is 0 Å². The van der Waals surface area contributed by atoms with Crippen LogP contribution in [0.5, 0.6) is 0 Å². The van der Waals surface area contributed by atoms with Crippen molar-refractivity contribution in [2.75, 3.05) is 0 Å². The summed E-state index contributed by atoms with van der Waals surface area (Å²) in [6, 6.07) is 9.96. The second kappa shape index (κ2) is 4.95. The van der Waals surface area contributed by atoms with Gasteiger partial charge in [0, 0.05) is 19.7 Å². The number of carbonyl (C=O) groups excluding carboxylic acids is 1. The first-order valence-corrected chi connectivity index (χ1v) is 5.69. The molecular weight excluding hydrogens is 212 g/mol. The Kier molecular flexibility index (Phi) is 3.38. The number of benzene rings is 1. The smallest absolute Gasteiger partial charge is 0.143 e. The van der Waals surface area contributed by atoms with Gasteiger partial charge in [0.05, 0.1) is 12.1 Å². The van der Waals surface area contributed by atoms with Gasteiger partial charge >= 0.3 is 0 Å². The summed E-state index contributed by atoms with van der Waals surface area (Å²) >= 11 is 0. The summed E-state index contributed by atoms with van der Waals surface area (Å²) < 4.78 is 1.72. The van der Waals surface area contributed by atoms with Crippen molar-refractivity contribution in [3.63, 3.8) is 0 Å². The van der Waals surface area contributed by atoms with Gasteiger partial charge in [0.1, 0.15) is 5.78 Å². The topological polar surface area (TPSA) is 34.9 Å². The Labute approximate surface area is 101 Å². The van der Waals surface area contributed by atoms with Crippen LogP contribution in [0.25, 0.3) is 0 Å². The van der Waals surface area contributed by atoms with Crippen molar-refractivity contribution in [1.29, 1.82) is 0 Å². The molecule has 0 saturated carbocycles. The zero-order valence-electron chi connectivity index (χ0n) is 10.2. The Balaban J connectivity index is 1.95. The SMILES string of the molecule is Cc1ccc(CC(=O)Cc2ccn(C)n2)cc1. The maximum Gasteiger partial charge on any atom is 0.143 e. The fourth-order valence-electron chi connectivity index (χ4n) is 1.76. The molecule has 3 heteroatoms. The molecule has 17 heavy (non-hydrogen) atoms. The van der Waals surface area contributed by atoms with Gasteiger partial charge in [-0.25, -0.2) is 0 Å². The summed E-state index contributed by atoms with van der Waals surface area (Å²) in [6.07, 6.45) is 2.75. The highest BCUT2D eigenvalue weighted by atomic mass is 16.1. The van der Waals surface area contributed by atoms with Gasteiger partial charge in [0.2, 0.25) is 0 Å². The van der Waals surface area contributed by atoms with Crippen molar-refractivity contribution in [1.82, 2.24) is 9.78 Å². The molecule has 1 aromatic heterocycles. The van der Waals surface area contributed by atoms with Crippen LogP contribution in [0, 0.1) is 6.92 Å². The van der Waals surface area contributed by atoms with Crippen LogP contribution in [0.1, 0.15) is 16.8 Å². The summed E-state index contributed by atoms with van der Waals surface area (Å²) in [5.41, 5.74) is 3.12. The van der Waals surface area contributed by atoms with Crippen molar-refractivity contribution in [3.05, 3.63) is 53.3 Å². The molecule has 0 amide bonds. The highest BCUT2D eigenvalue weighted by molar-refractivity contribution is 5.82. The number of nitrogens with zero attached hydrogens (tertiary/aromatic N) is 2. The van der Waals surface area contributed by atoms with Gasteiger partial charge in [-0.15, -0.1) is 0 Å². The molecule has 88 valence electrons. The number of aryl methyl sites for hydroxylation is 2. The van der Waals surface area contributed by atoms with Crippen molar-refractivity contribution in [3.8, 4) is 0 Å². The highest BCUT2D eigenvalue weighted by Gasteiger charge is 2.07. The van der Waals surface area contributed by atoms with E-state index < -0.39 is 0 Å². The molecule has 0 aliphatic carbocycles. The zero-order chi connectivity index (χ0) is 12.3. The summed E-state index contributed by atoms with van der Waals surface area (Å²) in [7, 11) is 1.86. The quantitative estimate of drug-likeness (QED) is 0.803. The molecule has 1 aromatic carbocycles. The monoisotopic (exact) mass is 228 g/mol. The lowest BCUT2D eigenvalue weighted by atomic mass is 10.0. The molecule has 2 rings (SSSR count). The molecule has 0 unspecified atom stereocenters. The summed E-state index contributed by atoms with van der Waals surface area (Å²) in [6.45, 7) is 2.04. The van der Waals surface area contributed by atoms with E-state index >= 15 is 0 Å². The Morgan fingerprint density at radius 3 is 2.47 bits per heavy atom. The Morgan fingerprint density at radius 2 is 1.88 bits per heavy atom. The predicted octanol–water partition coefficient (Wildman–Crippen LogP) is 2.08. The molecule has 0 radical (unpaired) electrons. The van der Waals surface area contributed by atoms with Gasteiger partial charge in [-0.05, 0) is 18.6 Å². The minimum absolute atomic E-state index is 0.201. The minimum atomic E-state index is 0.201. The summed E-state index contributed by atoms with van der Waals surface area (Å²) in [5.74, 6) is 0.201. The summed E-state index contributed by atoms with van der Waals surface area (Å²) in [5, 5.41) is 4.20. The average molecular weight is 228 g/mol. The standard InChI is InChI=1S/C14H16N2O/c1-11-3-5-12(6-4-11)9-14(17)10-13-7-8-16(2)15-13/h3-8H,9-10H2,1-2H3. The predicted molar refractivity (Wildman–Crippen MR) is 66.8 cm³/mol. The molecule has 2 aromatic rings. The maximum absolute atomic E-state index is 11.8. The first-order valence-electron chi connectivity index (χ1n) is 5.69. The first kappa shape index (κ1) is 11.6. The maximum atomic E-state index is 11.8. The molecule has 0 spiro atoms. The molecule has 3 nitrogen and oxygen atoms in total. The van der Waals surface area contributed by atoms with Crippen molar-refractivity contribution in [2.24, 2.45) is 7.05 Å². The van der Waals surface area contributed by atoms with Crippen LogP contribution >= 0.6 is 0 Å². The average Bonchev–Trinajstić information content (AvgIpc) is 2.67. The second-order valence-electron chi connectivity index (χ2n) is 4.36. The molecule has 0 fully saturated rings. The fraction of sp³-hybridized carbons (Fsp3) is 0.286. The second-order valence-corrected chi connectivity index (χ2v) is 4.36. The minimum Gasteiger partial charge on any atom is -0.299 e.